The number of nitrogens with zero attached hydrogens (tertiary/aromatic N) is 3. The molecule has 0 radical (unpaired) electrons. The molecule has 0 unspecified atom stereocenters. The van der Waals surface area contributed by atoms with E-state index in [4.69, 9.17) is 0 Å². The monoisotopic (exact) mass is 333 g/mol. The quantitative estimate of drug-likeness (QED) is 0.764. The summed E-state index contributed by atoms with van der Waals surface area (Å²) in [5.41, 5.74) is 1.43. The van der Waals surface area contributed by atoms with Crippen molar-refractivity contribution >= 4 is 0 Å². The lowest BCUT2D eigenvalue weighted by Crippen LogP contribution is -2.62. The third-order valence-electron chi connectivity index (χ3n) is 7.54. The Morgan fingerprint density at radius 1 is 0.917 bits per heavy atom. The molecule has 0 aromatic heterocycles. The van der Waals surface area contributed by atoms with E-state index in [1.165, 1.54) is 90.8 Å². The van der Waals surface area contributed by atoms with Crippen LogP contribution in [0.5, 0.6) is 0 Å². The summed E-state index contributed by atoms with van der Waals surface area (Å²) >= 11 is 0. The van der Waals surface area contributed by atoms with E-state index in [-0.39, 0.29) is 0 Å². The molecule has 24 heavy (non-hydrogen) atoms. The van der Waals surface area contributed by atoms with Crippen LogP contribution in [0.3, 0.4) is 0 Å². The van der Waals surface area contributed by atoms with Gasteiger partial charge in [-0.2, -0.15) is 0 Å². The van der Waals surface area contributed by atoms with Crippen LogP contribution >= 0.6 is 0 Å². The fraction of sp³-hybridized carbons (Fsp3) is 1.00. The summed E-state index contributed by atoms with van der Waals surface area (Å²) < 4.78 is 0. The summed E-state index contributed by atoms with van der Waals surface area (Å²) in [5.74, 6) is 0.875. The molecule has 3 heterocycles. The van der Waals surface area contributed by atoms with Gasteiger partial charge in [0, 0.05) is 25.7 Å². The molecule has 138 valence electrons. The standard InChI is InChI=1S/C21H39N3/c1-18(2)14-20(6-7-20)15-23-16-21(17-23)8-12-24(13-9-21)19-4-10-22(3)11-5-19/h18-19H,4-17H2,1-3H3. The molecule has 4 aliphatic rings. The molecule has 3 nitrogen and oxygen atoms in total. The maximum absolute atomic E-state index is 2.84. The maximum atomic E-state index is 2.84. The smallest absolute Gasteiger partial charge is 0.0120 e. The first-order valence-corrected chi connectivity index (χ1v) is 10.6. The predicted octanol–water partition coefficient (Wildman–Crippen LogP) is 3.30. The summed E-state index contributed by atoms with van der Waals surface area (Å²) in [6.45, 7) is 14.4. The van der Waals surface area contributed by atoms with Gasteiger partial charge in [0.15, 0.2) is 0 Å². The zero-order valence-electron chi connectivity index (χ0n) is 16.4. The van der Waals surface area contributed by atoms with E-state index in [0.29, 0.717) is 5.41 Å². The topological polar surface area (TPSA) is 9.72 Å². The van der Waals surface area contributed by atoms with Crippen LogP contribution in [0.1, 0.15) is 58.8 Å². The van der Waals surface area contributed by atoms with Crippen LogP contribution in [-0.2, 0) is 0 Å². The molecule has 3 heteroatoms. The Kier molecular flexibility index (Phi) is 4.73. The van der Waals surface area contributed by atoms with Crippen LogP contribution in [0.25, 0.3) is 0 Å². The van der Waals surface area contributed by atoms with Gasteiger partial charge in [-0.3, -0.25) is 0 Å². The first kappa shape index (κ1) is 17.3. The molecule has 0 aromatic rings. The van der Waals surface area contributed by atoms with Crippen molar-refractivity contribution in [2.75, 3.05) is 52.9 Å². The molecule has 0 bridgehead atoms. The van der Waals surface area contributed by atoms with Gasteiger partial charge in [-0.15, -0.1) is 0 Å². The largest absolute Gasteiger partial charge is 0.306 e. The zero-order valence-corrected chi connectivity index (χ0v) is 16.4. The number of hydrogen-bond donors (Lipinski definition) is 0. The van der Waals surface area contributed by atoms with Crippen molar-refractivity contribution in [1.82, 2.24) is 14.7 Å². The Hall–Kier alpha value is -0.120. The molecule has 0 atom stereocenters. The number of likely N-dealkylation sites (tertiary alicyclic amines) is 3. The van der Waals surface area contributed by atoms with Gasteiger partial charge >= 0.3 is 0 Å². The van der Waals surface area contributed by atoms with Crippen LogP contribution in [0.4, 0.5) is 0 Å². The van der Waals surface area contributed by atoms with Crippen LogP contribution in [0.15, 0.2) is 0 Å². The average Bonchev–Trinajstić information content (AvgIpc) is 3.26. The molecule has 0 amide bonds. The van der Waals surface area contributed by atoms with Gasteiger partial charge in [-0.1, -0.05) is 13.8 Å². The first-order chi connectivity index (χ1) is 11.5. The van der Waals surface area contributed by atoms with Gasteiger partial charge in [0.25, 0.3) is 0 Å². The van der Waals surface area contributed by atoms with Gasteiger partial charge in [0.2, 0.25) is 0 Å². The maximum Gasteiger partial charge on any atom is 0.0120 e. The fourth-order valence-corrected chi connectivity index (χ4v) is 6.00. The van der Waals surface area contributed by atoms with Crippen molar-refractivity contribution < 1.29 is 0 Å². The second-order valence-corrected chi connectivity index (χ2v) is 10.3. The Morgan fingerprint density at radius 2 is 1.54 bits per heavy atom. The molecular formula is C21H39N3. The van der Waals surface area contributed by atoms with Crippen molar-refractivity contribution in [1.29, 1.82) is 0 Å². The number of piperidine rings is 2. The molecule has 3 aliphatic heterocycles. The normalized spacial score (nSPS) is 31.5. The Morgan fingerprint density at radius 3 is 2.08 bits per heavy atom. The minimum atomic E-state index is 0.704. The van der Waals surface area contributed by atoms with E-state index < -0.39 is 0 Å². The van der Waals surface area contributed by atoms with E-state index in [1.807, 2.05) is 0 Å². The predicted molar refractivity (Wildman–Crippen MR) is 101 cm³/mol. The molecule has 0 N–H and O–H groups in total. The summed E-state index contributed by atoms with van der Waals surface area (Å²) in [6, 6.07) is 0.885. The molecule has 1 aliphatic carbocycles. The first-order valence-electron chi connectivity index (χ1n) is 10.6. The van der Waals surface area contributed by atoms with Gasteiger partial charge < -0.3 is 14.7 Å². The van der Waals surface area contributed by atoms with Crippen LogP contribution in [0.2, 0.25) is 0 Å². The highest BCUT2D eigenvalue weighted by molar-refractivity contribution is 5.04. The number of hydrogen-bond acceptors (Lipinski definition) is 3. The van der Waals surface area contributed by atoms with Gasteiger partial charge in [0.1, 0.15) is 0 Å². The fourth-order valence-electron chi connectivity index (χ4n) is 6.00. The lowest BCUT2D eigenvalue weighted by Gasteiger charge is -2.56. The SMILES string of the molecule is CC(C)CC1(CN2CC3(CCN(C4CCN(C)CC4)CC3)C2)CC1. The van der Waals surface area contributed by atoms with E-state index in [0.717, 1.165) is 17.4 Å². The summed E-state index contributed by atoms with van der Waals surface area (Å²) in [4.78, 5) is 8.14. The van der Waals surface area contributed by atoms with Gasteiger partial charge in [-0.25, -0.2) is 0 Å². The molecule has 4 fully saturated rings. The van der Waals surface area contributed by atoms with Gasteiger partial charge in [0.05, 0.1) is 0 Å². The van der Waals surface area contributed by atoms with E-state index in [2.05, 4.69) is 35.6 Å². The minimum absolute atomic E-state index is 0.704. The van der Waals surface area contributed by atoms with E-state index >= 15 is 0 Å². The second kappa shape index (κ2) is 6.55. The Balaban J connectivity index is 1.20. The van der Waals surface area contributed by atoms with E-state index in [9.17, 15) is 0 Å². The Bertz CT molecular complexity index is 418. The van der Waals surface area contributed by atoms with Crippen LogP contribution < -0.4 is 0 Å². The molecular weight excluding hydrogens is 294 g/mol. The Labute approximate surface area is 149 Å². The molecule has 0 aromatic carbocycles. The highest BCUT2D eigenvalue weighted by atomic mass is 15.3. The van der Waals surface area contributed by atoms with Crippen molar-refractivity contribution in [3.63, 3.8) is 0 Å². The third-order valence-corrected chi connectivity index (χ3v) is 7.54. The lowest BCUT2D eigenvalue weighted by molar-refractivity contribution is -0.0664. The molecule has 1 saturated carbocycles. The van der Waals surface area contributed by atoms with Gasteiger partial charge in [-0.05, 0) is 94.9 Å². The lowest BCUT2D eigenvalue weighted by atomic mass is 9.71. The van der Waals surface area contributed by atoms with Crippen LogP contribution in [0, 0.1) is 16.7 Å². The van der Waals surface area contributed by atoms with Crippen molar-refractivity contribution in [3.8, 4) is 0 Å². The molecule has 4 rings (SSSR count). The zero-order chi connectivity index (χ0) is 16.8. The summed E-state index contributed by atoms with van der Waals surface area (Å²) in [7, 11) is 2.27. The molecule has 3 saturated heterocycles. The van der Waals surface area contributed by atoms with E-state index in [1.54, 1.807) is 0 Å². The summed E-state index contributed by atoms with van der Waals surface area (Å²) in [6.07, 6.45) is 10.2. The average molecular weight is 334 g/mol. The van der Waals surface area contributed by atoms with Crippen LogP contribution in [-0.4, -0.2) is 73.6 Å². The highest BCUT2D eigenvalue weighted by Crippen LogP contribution is 2.53. The van der Waals surface area contributed by atoms with Crippen molar-refractivity contribution in [2.24, 2.45) is 16.7 Å². The second-order valence-electron chi connectivity index (χ2n) is 10.3. The highest BCUT2D eigenvalue weighted by Gasteiger charge is 2.50. The van der Waals surface area contributed by atoms with Crippen molar-refractivity contribution in [2.45, 2.75) is 64.8 Å². The molecule has 1 spiro atoms. The van der Waals surface area contributed by atoms with Crippen molar-refractivity contribution in [3.05, 3.63) is 0 Å². The number of rotatable bonds is 5. The third kappa shape index (κ3) is 3.68. The summed E-state index contributed by atoms with van der Waals surface area (Å²) in [5, 5.41) is 0. The minimum Gasteiger partial charge on any atom is -0.306 e.